The summed E-state index contributed by atoms with van der Waals surface area (Å²) in [7, 11) is 0. The van der Waals surface area contributed by atoms with Gasteiger partial charge in [-0.15, -0.1) is 0 Å². The fourth-order valence-corrected chi connectivity index (χ4v) is 3.49. The van der Waals surface area contributed by atoms with Gasteiger partial charge in [0.15, 0.2) is 5.78 Å². The number of rotatable bonds is 22. The molecule has 0 radical (unpaired) electrons. The first kappa shape index (κ1) is 31.5. The van der Waals surface area contributed by atoms with Gasteiger partial charge in [0.25, 0.3) is 0 Å². The number of aliphatic hydroxyl groups is 1. The highest BCUT2D eigenvalue weighted by atomic mass is 16.4. The van der Waals surface area contributed by atoms with Crippen molar-refractivity contribution in [1.29, 1.82) is 0 Å². The van der Waals surface area contributed by atoms with Gasteiger partial charge in [0.05, 0.1) is 6.61 Å². The lowest BCUT2D eigenvalue weighted by atomic mass is 10.0. The smallest absolute Gasteiger partial charge is 0.326 e. The Hall–Kier alpha value is -2.49. The Morgan fingerprint density at radius 2 is 1.03 bits per heavy atom. The van der Waals surface area contributed by atoms with Crippen LogP contribution in [0.5, 0.6) is 0 Å². The zero-order chi connectivity index (χ0) is 25.8. The van der Waals surface area contributed by atoms with E-state index < -0.39 is 42.3 Å². The third-order valence-corrected chi connectivity index (χ3v) is 5.60. The maximum Gasteiger partial charge on any atom is 0.326 e. The van der Waals surface area contributed by atoms with Gasteiger partial charge < -0.3 is 26.0 Å². The highest BCUT2D eigenvalue weighted by molar-refractivity contribution is 5.88. The summed E-state index contributed by atoms with van der Waals surface area (Å²) in [5.74, 6) is -3.29. The minimum absolute atomic E-state index is 0.109. The summed E-state index contributed by atoms with van der Waals surface area (Å²) in [6.45, 7) is 0.702. The molecule has 0 aliphatic rings. The lowest BCUT2D eigenvalue weighted by molar-refractivity contribution is -0.142. The number of Topliss-reactive ketones (excluding diaryl/α,β-unsaturated/α-hetero) is 1. The molecule has 0 unspecified atom stereocenters. The number of amides is 2. The van der Waals surface area contributed by atoms with Gasteiger partial charge in [0.1, 0.15) is 12.1 Å². The van der Waals surface area contributed by atoms with Crippen LogP contribution in [0.25, 0.3) is 0 Å². The molecule has 0 heterocycles. The third kappa shape index (κ3) is 18.0. The number of hydrogen-bond donors (Lipinski definition) is 5. The molecule has 0 aromatic heterocycles. The predicted molar refractivity (Wildman–Crippen MR) is 126 cm³/mol. The van der Waals surface area contributed by atoms with Crippen molar-refractivity contribution in [1.82, 2.24) is 10.6 Å². The second-order valence-corrected chi connectivity index (χ2v) is 8.69. The van der Waals surface area contributed by atoms with Gasteiger partial charge in [-0.2, -0.15) is 0 Å². The van der Waals surface area contributed by atoms with Gasteiger partial charge in [-0.05, 0) is 26.2 Å². The SMILES string of the molecule is CC(=O)[C@H](CO)NC(=O)CC[C@H](NC(=O)CCCCCCCCCCCCCC(=O)O)C(=O)O. The number of carboxylic acid groups (broad SMARTS) is 2. The van der Waals surface area contributed by atoms with Crippen molar-refractivity contribution < 1.29 is 39.3 Å². The normalized spacial score (nSPS) is 12.5. The molecule has 0 aromatic carbocycles. The highest BCUT2D eigenvalue weighted by Gasteiger charge is 2.22. The van der Waals surface area contributed by atoms with E-state index in [0.29, 0.717) is 6.42 Å². The van der Waals surface area contributed by atoms with Crippen LogP contribution in [-0.2, 0) is 24.0 Å². The molecule has 0 aliphatic carbocycles. The van der Waals surface area contributed by atoms with Crippen LogP contribution in [0, 0.1) is 0 Å². The molecule has 0 bridgehead atoms. The molecule has 196 valence electrons. The Labute approximate surface area is 201 Å². The van der Waals surface area contributed by atoms with Crippen molar-refractivity contribution in [3.63, 3.8) is 0 Å². The molecule has 34 heavy (non-hydrogen) atoms. The number of hydrogen-bond acceptors (Lipinski definition) is 6. The van der Waals surface area contributed by atoms with Crippen LogP contribution in [0.4, 0.5) is 0 Å². The molecule has 0 aliphatic heterocycles. The fraction of sp³-hybridized carbons (Fsp3) is 0.792. The maximum absolute atomic E-state index is 12.1. The first-order chi connectivity index (χ1) is 16.2. The van der Waals surface area contributed by atoms with Crippen molar-refractivity contribution in [2.45, 2.75) is 115 Å². The van der Waals surface area contributed by atoms with Gasteiger partial charge in [-0.1, -0.05) is 57.8 Å². The van der Waals surface area contributed by atoms with E-state index >= 15 is 0 Å². The second-order valence-electron chi connectivity index (χ2n) is 8.69. The summed E-state index contributed by atoms with van der Waals surface area (Å²) in [5, 5.41) is 31.7. The topological polar surface area (TPSA) is 170 Å². The lowest BCUT2D eigenvalue weighted by Gasteiger charge is -2.16. The summed E-state index contributed by atoms with van der Waals surface area (Å²) in [6, 6.07) is -2.20. The highest BCUT2D eigenvalue weighted by Crippen LogP contribution is 2.12. The van der Waals surface area contributed by atoms with E-state index in [9.17, 15) is 29.1 Å². The van der Waals surface area contributed by atoms with Crippen molar-refractivity contribution in [3.8, 4) is 0 Å². The second kappa shape index (κ2) is 19.9. The van der Waals surface area contributed by atoms with Crippen LogP contribution in [-0.4, -0.2) is 63.5 Å². The molecule has 0 rings (SSSR count). The first-order valence-electron chi connectivity index (χ1n) is 12.3. The van der Waals surface area contributed by atoms with Crippen molar-refractivity contribution in [2.75, 3.05) is 6.61 Å². The van der Waals surface area contributed by atoms with E-state index in [1.54, 1.807) is 0 Å². The van der Waals surface area contributed by atoms with Crippen LogP contribution in [0.15, 0.2) is 0 Å². The number of carboxylic acids is 2. The van der Waals surface area contributed by atoms with Crippen LogP contribution >= 0.6 is 0 Å². The average molecular weight is 487 g/mol. The molecule has 0 saturated heterocycles. The molecule has 0 spiro atoms. The van der Waals surface area contributed by atoms with Crippen LogP contribution < -0.4 is 10.6 Å². The van der Waals surface area contributed by atoms with Gasteiger partial charge >= 0.3 is 11.9 Å². The van der Waals surface area contributed by atoms with Gasteiger partial charge in [-0.25, -0.2) is 4.79 Å². The summed E-state index contributed by atoms with van der Waals surface area (Å²) in [6.07, 6.45) is 11.2. The molecule has 10 heteroatoms. The molecule has 2 amide bonds. The molecule has 0 fully saturated rings. The number of ketones is 1. The molecule has 0 saturated carbocycles. The minimum atomic E-state index is -1.23. The number of aliphatic hydroxyl groups excluding tert-OH is 1. The summed E-state index contributed by atoms with van der Waals surface area (Å²) >= 11 is 0. The van der Waals surface area contributed by atoms with E-state index in [4.69, 9.17) is 10.2 Å². The standard InChI is InChI=1S/C24H42N2O8/c1-18(28)20(17-27)26-22(30)16-15-19(24(33)34)25-21(29)13-11-9-7-5-3-2-4-6-8-10-12-14-23(31)32/h19-20,27H,2-17H2,1H3,(H,25,29)(H,26,30)(H,31,32)(H,33,34)/t19-,20-/m0/s1. The number of nitrogens with one attached hydrogen (secondary N) is 2. The number of carbonyl (C=O) groups is 5. The Balaban J connectivity index is 3.84. The Morgan fingerprint density at radius 3 is 1.44 bits per heavy atom. The zero-order valence-electron chi connectivity index (χ0n) is 20.4. The molecular weight excluding hydrogens is 444 g/mol. The van der Waals surface area contributed by atoms with Gasteiger partial charge in [0, 0.05) is 19.3 Å². The van der Waals surface area contributed by atoms with Crippen LogP contribution in [0.3, 0.4) is 0 Å². The van der Waals surface area contributed by atoms with E-state index in [1.807, 2.05) is 0 Å². The predicted octanol–water partition coefficient (Wildman–Crippen LogP) is 2.56. The lowest BCUT2D eigenvalue weighted by Crippen LogP contribution is -2.44. The van der Waals surface area contributed by atoms with Crippen LogP contribution in [0.2, 0.25) is 0 Å². The van der Waals surface area contributed by atoms with E-state index in [-0.39, 0.29) is 31.6 Å². The summed E-state index contributed by atoms with van der Waals surface area (Å²) in [4.78, 5) is 56.9. The van der Waals surface area contributed by atoms with Crippen molar-refractivity contribution in [3.05, 3.63) is 0 Å². The molecule has 10 nitrogen and oxygen atoms in total. The monoisotopic (exact) mass is 486 g/mol. The van der Waals surface area contributed by atoms with Gasteiger partial charge in [-0.3, -0.25) is 19.2 Å². The summed E-state index contributed by atoms with van der Waals surface area (Å²) < 4.78 is 0. The minimum Gasteiger partial charge on any atom is -0.481 e. The Bertz CT molecular complexity index is 638. The number of unbranched alkanes of at least 4 members (excludes halogenated alkanes) is 10. The number of aliphatic carboxylic acids is 2. The fourth-order valence-electron chi connectivity index (χ4n) is 3.49. The Morgan fingerprint density at radius 1 is 0.618 bits per heavy atom. The van der Waals surface area contributed by atoms with Crippen LogP contribution in [0.1, 0.15) is 103 Å². The van der Waals surface area contributed by atoms with E-state index in [1.165, 1.54) is 6.92 Å². The van der Waals surface area contributed by atoms with Gasteiger partial charge in [0.2, 0.25) is 11.8 Å². The first-order valence-corrected chi connectivity index (χ1v) is 12.3. The van der Waals surface area contributed by atoms with Crippen molar-refractivity contribution >= 4 is 29.5 Å². The third-order valence-electron chi connectivity index (χ3n) is 5.60. The molecule has 0 aromatic rings. The zero-order valence-corrected chi connectivity index (χ0v) is 20.4. The average Bonchev–Trinajstić information content (AvgIpc) is 2.77. The molecule has 2 atom stereocenters. The quantitative estimate of drug-likeness (QED) is 0.145. The summed E-state index contributed by atoms with van der Waals surface area (Å²) in [5.41, 5.74) is 0. The van der Waals surface area contributed by atoms with Crippen molar-refractivity contribution in [2.24, 2.45) is 0 Å². The Kier molecular flexibility index (Phi) is 18.5. The molecule has 5 N–H and O–H groups in total. The number of carbonyl (C=O) groups excluding carboxylic acids is 3. The molecular formula is C24H42N2O8. The largest absolute Gasteiger partial charge is 0.481 e. The maximum atomic E-state index is 12.1. The van der Waals surface area contributed by atoms with E-state index in [2.05, 4.69) is 10.6 Å². The van der Waals surface area contributed by atoms with E-state index in [0.717, 1.165) is 64.2 Å².